The van der Waals surface area contributed by atoms with Gasteiger partial charge in [0, 0.05) is 6.42 Å². The third-order valence-electron chi connectivity index (χ3n) is 6.20. The van der Waals surface area contributed by atoms with Crippen molar-refractivity contribution in [3.05, 3.63) is 47.7 Å². The van der Waals surface area contributed by atoms with Crippen LogP contribution in [0.4, 0.5) is 0 Å². The molecule has 0 bridgehead atoms. The quantitative estimate of drug-likeness (QED) is 0.539. The van der Waals surface area contributed by atoms with E-state index in [1.165, 1.54) is 7.11 Å². The Morgan fingerprint density at radius 3 is 2.26 bits per heavy atom. The predicted octanol–water partition coefficient (Wildman–Crippen LogP) is 4.73. The average Bonchev–Trinajstić information content (AvgIpc) is 2.60. The highest BCUT2D eigenvalue weighted by atomic mass is 28.4. The maximum absolute atomic E-state index is 13.0. The summed E-state index contributed by atoms with van der Waals surface area (Å²) in [4.78, 5) is 15.1. The van der Waals surface area contributed by atoms with Gasteiger partial charge in [-0.25, -0.2) is 0 Å². The smallest absolute Gasteiger partial charge is 0.318 e. The zero-order valence-electron chi connectivity index (χ0n) is 18.1. The van der Waals surface area contributed by atoms with Crippen LogP contribution in [0.25, 0.3) is 0 Å². The van der Waals surface area contributed by atoms with Gasteiger partial charge in [-0.3, -0.25) is 4.79 Å². The largest absolute Gasteiger partial charge is 0.547 e. The lowest BCUT2D eigenvalue weighted by molar-refractivity contribution is -0.150. The summed E-state index contributed by atoms with van der Waals surface area (Å²) in [5.41, 5.74) is 0.276. The molecule has 2 atom stereocenters. The lowest BCUT2D eigenvalue weighted by Gasteiger charge is -2.45. The summed E-state index contributed by atoms with van der Waals surface area (Å²) in [6.45, 7) is 11.3. The number of carbonyl (C=O) groups excluding carboxylic acids is 1. The van der Waals surface area contributed by atoms with Crippen molar-refractivity contribution in [2.24, 2.45) is 0 Å². The van der Waals surface area contributed by atoms with Gasteiger partial charge in [-0.1, -0.05) is 51.1 Å². The zero-order valence-corrected chi connectivity index (χ0v) is 19.1. The van der Waals surface area contributed by atoms with Crippen molar-refractivity contribution in [3.8, 4) is 0 Å². The van der Waals surface area contributed by atoms with E-state index in [1.807, 2.05) is 44.4 Å². The minimum absolute atomic E-state index is 0.124. The summed E-state index contributed by atoms with van der Waals surface area (Å²) < 4.78 is 11.9. The monoisotopic (exact) mass is 389 g/mol. The van der Waals surface area contributed by atoms with E-state index < -0.39 is 13.7 Å². The number of likely N-dealkylation sites (N-methyl/N-ethyl adjacent to an activating group) is 1. The van der Waals surface area contributed by atoms with Gasteiger partial charge in [0.05, 0.1) is 18.9 Å². The van der Waals surface area contributed by atoms with Gasteiger partial charge in [0.15, 0.2) is 0 Å². The minimum atomic E-state index is -1.92. The van der Waals surface area contributed by atoms with Crippen molar-refractivity contribution < 1.29 is 14.0 Å². The number of esters is 1. The fourth-order valence-corrected chi connectivity index (χ4v) is 4.73. The molecule has 4 nitrogen and oxygen atoms in total. The Morgan fingerprint density at radius 1 is 1.19 bits per heavy atom. The van der Waals surface area contributed by atoms with E-state index in [4.69, 9.17) is 9.16 Å². The van der Waals surface area contributed by atoms with E-state index in [2.05, 4.69) is 44.8 Å². The van der Waals surface area contributed by atoms with Gasteiger partial charge >= 0.3 is 5.97 Å². The number of benzene rings is 1. The van der Waals surface area contributed by atoms with Gasteiger partial charge in [-0.2, -0.15) is 0 Å². The number of ether oxygens (including phenoxy) is 1. The van der Waals surface area contributed by atoms with Crippen molar-refractivity contribution in [2.75, 3.05) is 21.2 Å². The Balaban J connectivity index is 2.51. The summed E-state index contributed by atoms with van der Waals surface area (Å²) in [7, 11) is 3.58. The van der Waals surface area contributed by atoms with Crippen LogP contribution in [0.3, 0.4) is 0 Å². The molecule has 150 valence electrons. The second-order valence-electron chi connectivity index (χ2n) is 9.23. The van der Waals surface area contributed by atoms with Crippen molar-refractivity contribution in [1.29, 1.82) is 0 Å². The minimum Gasteiger partial charge on any atom is -0.547 e. The van der Waals surface area contributed by atoms with Crippen molar-refractivity contribution in [2.45, 2.75) is 63.2 Å². The van der Waals surface area contributed by atoms with Crippen LogP contribution >= 0.6 is 0 Å². The molecule has 0 aliphatic heterocycles. The van der Waals surface area contributed by atoms with E-state index in [0.29, 0.717) is 6.42 Å². The van der Waals surface area contributed by atoms with Crippen LogP contribution in [0, 0.1) is 0 Å². The van der Waals surface area contributed by atoms with E-state index in [9.17, 15) is 4.79 Å². The second kappa shape index (κ2) is 7.80. The normalized spacial score (nSPS) is 23.7. The summed E-state index contributed by atoms with van der Waals surface area (Å²) >= 11 is 0. The van der Waals surface area contributed by atoms with Gasteiger partial charge in [0.1, 0.15) is 5.41 Å². The van der Waals surface area contributed by atoms with Crippen molar-refractivity contribution in [3.63, 3.8) is 0 Å². The molecule has 1 aliphatic rings. The van der Waals surface area contributed by atoms with Gasteiger partial charge in [0.2, 0.25) is 8.32 Å². The molecule has 0 unspecified atom stereocenters. The third kappa shape index (κ3) is 4.14. The molecular formula is C22H35NO3Si. The lowest BCUT2D eigenvalue weighted by atomic mass is 9.67. The highest BCUT2D eigenvalue weighted by Gasteiger charge is 2.51. The van der Waals surface area contributed by atoms with Crippen LogP contribution in [0.5, 0.6) is 0 Å². The maximum Gasteiger partial charge on any atom is 0.318 e. The summed E-state index contributed by atoms with van der Waals surface area (Å²) in [5, 5.41) is 0.137. The standard InChI is InChI=1S/C22H35NO3Si/c1-21(2,3)27(7,8)26-18-14-15-22(20(24)25-6,19(16-18)23(4)5)17-12-10-9-11-13-17/h9-13,16,19H,14-15H2,1-8H3/t19-,22-/m0/s1. The molecule has 0 spiro atoms. The Kier molecular flexibility index (Phi) is 6.27. The molecule has 1 aromatic carbocycles. The van der Waals surface area contributed by atoms with Crippen LogP contribution in [0.1, 0.15) is 39.2 Å². The Bertz CT molecular complexity index is 691. The Labute approximate surface area is 165 Å². The van der Waals surface area contributed by atoms with Gasteiger partial charge in [-0.15, -0.1) is 0 Å². The second-order valence-corrected chi connectivity index (χ2v) is 14.0. The highest BCUT2D eigenvalue weighted by Crippen LogP contribution is 2.45. The Hall–Kier alpha value is -1.59. The number of carbonyl (C=O) groups is 1. The number of methoxy groups -OCH3 is 1. The van der Waals surface area contributed by atoms with Gasteiger partial charge < -0.3 is 14.1 Å². The molecule has 0 aromatic heterocycles. The van der Waals surface area contributed by atoms with Crippen LogP contribution in [-0.2, 0) is 19.4 Å². The fraction of sp³-hybridized carbons (Fsp3) is 0.591. The predicted molar refractivity (Wildman–Crippen MR) is 113 cm³/mol. The molecule has 0 saturated heterocycles. The molecule has 0 saturated carbocycles. The van der Waals surface area contributed by atoms with Gasteiger partial charge in [0.25, 0.3) is 0 Å². The van der Waals surface area contributed by atoms with E-state index in [1.54, 1.807) is 0 Å². The molecular weight excluding hydrogens is 354 g/mol. The molecule has 2 rings (SSSR count). The van der Waals surface area contributed by atoms with Crippen LogP contribution in [0.2, 0.25) is 18.1 Å². The summed E-state index contributed by atoms with van der Waals surface area (Å²) in [6.07, 6.45) is 3.56. The van der Waals surface area contributed by atoms with E-state index in [0.717, 1.165) is 17.7 Å². The third-order valence-corrected chi connectivity index (χ3v) is 10.6. The van der Waals surface area contributed by atoms with Crippen LogP contribution < -0.4 is 0 Å². The number of allylic oxidation sites excluding steroid dienone is 1. The lowest BCUT2D eigenvalue weighted by Crippen LogP contribution is -2.55. The number of hydrogen-bond acceptors (Lipinski definition) is 4. The summed E-state index contributed by atoms with van der Waals surface area (Å²) in [6, 6.07) is 9.88. The van der Waals surface area contributed by atoms with Crippen LogP contribution in [0.15, 0.2) is 42.2 Å². The van der Waals surface area contributed by atoms with E-state index in [-0.39, 0.29) is 17.0 Å². The maximum atomic E-state index is 13.0. The van der Waals surface area contributed by atoms with E-state index >= 15 is 0 Å². The first-order valence-electron chi connectivity index (χ1n) is 9.66. The molecule has 5 heteroatoms. The van der Waals surface area contributed by atoms with Crippen molar-refractivity contribution in [1.82, 2.24) is 4.90 Å². The van der Waals surface area contributed by atoms with Crippen LogP contribution in [-0.4, -0.2) is 46.4 Å². The first-order valence-corrected chi connectivity index (χ1v) is 12.6. The molecule has 0 radical (unpaired) electrons. The number of hydrogen-bond donors (Lipinski definition) is 0. The summed E-state index contributed by atoms with van der Waals surface area (Å²) in [5.74, 6) is 0.825. The first-order chi connectivity index (χ1) is 12.5. The molecule has 0 fully saturated rings. The van der Waals surface area contributed by atoms with Crippen molar-refractivity contribution >= 4 is 14.3 Å². The molecule has 27 heavy (non-hydrogen) atoms. The molecule has 1 aliphatic carbocycles. The highest BCUT2D eigenvalue weighted by molar-refractivity contribution is 6.74. The molecule has 0 amide bonds. The fourth-order valence-electron chi connectivity index (χ4n) is 3.60. The zero-order chi connectivity index (χ0) is 20.5. The topological polar surface area (TPSA) is 38.8 Å². The SMILES string of the molecule is COC(=O)[C@]1(c2ccccc2)CCC(O[Si](C)(C)C(C)(C)C)=C[C@@H]1N(C)C. The molecule has 0 heterocycles. The molecule has 0 N–H and O–H groups in total. The molecule has 1 aromatic rings. The number of nitrogens with zero attached hydrogens (tertiary/aromatic N) is 1. The Morgan fingerprint density at radius 2 is 1.78 bits per heavy atom. The average molecular weight is 390 g/mol. The first kappa shape index (κ1) is 21.7. The number of rotatable bonds is 5. The van der Waals surface area contributed by atoms with Gasteiger partial charge in [-0.05, 0) is 50.3 Å².